The van der Waals surface area contributed by atoms with Gasteiger partial charge in [0.25, 0.3) is 0 Å². The first-order chi connectivity index (χ1) is 12.0. The van der Waals surface area contributed by atoms with Crippen LogP contribution >= 0.6 is 22.9 Å². The predicted octanol–water partition coefficient (Wildman–Crippen LogP) is 3.80. The monoisotopic (exact) mass is 395 g/mol. The molecular formula is C18H18ClNO3S2. The Hall–Kier alpha value is -1.63. The molecule has 1 fully saturated rings. The Balaban J connectivity index is 1.72. The fourth-order valence-corrected chi connectivity index (χ4v) is 6.04. The molecule has 25 heavy (non-hydrogen) atoms. The average molecular weight is 396 g/mol. The van der Waals surface area contributed by atoms with Gasteiger partial charge in [0, 0.05) is 29.1 Å². The quantitative estimate of drug-likeness (QED) is 0.742. The number of carbonyl (C=O) groups is 1. The predicted molar refractivity (Wildman–Crippen MR) is 103 cm³/mol. The van der Waals surface area contributed by atoms with Crippen molar-refractivity contribution in [1.82, 2.24) is 4.90 Å². The van der Waals surface area contributed by atoms with Gasteiger partial charge in [-0.25, -0.2) is 8.42 Å². The van der Waals surface area contributed by atoms with Crippen LogP contribution in [0.4, 0.5) is 0 Å². The fraction of sp³-hybridized carbons (Fsp3) is 0.278. The molecule has 1 saturated heterocycles. The second-order valence-corrected chi connectivity index (χ2v) is 9.53. The fourth-order valence-electron chi connectivity index (χ4n) is 2.83. The molecule has 1 aromatic heterocycles. The molecule has 0 radical (unpaired) electrons. The Bertz CT molecular complexity index is 875. The highest BCUT2D eigenvalue weighted by molar-refractivity contribution is 7.91. The van der Waals surface area contributed by atoms with Crippen molar-refractivity contribution in [2.45, 2.75) is 11.7 Å². The van der Waals surface area contributed by atoms with E-state index in [1.807, 2.05) is 35.7 Å². The van der Waals surface area contributed by atoms with Gasteiger partial charge in [0.05, 0.1) is 11.0 Å². The van der Waals surface area contributed by atoms with Gasteiger partial charge in [-0.3, -0.25) is 4.79 Å². The van der Waals surface area contributed by atoms with Crippen molar-refractivity contribution in [2.75, 3.05) is 18.8 Å². The number of sulfone groups is 1. The molecular weight excluding hydrogens is 378 g/mol. The maximum Gasteiger partial charge on any atom is 0.246 e. The molecule has 7 heteroatoms. The topological polar surface area (TPSA) is 54.5 Å². The van der Waals surface area contributed by atoms with Gasteiger partial charge in [-0.1, -0.05) is 35.9 Å². The molecule has 0 aliphatic carbocycles. The van der Waals surface area contributed by atoms with Crippen LogP contribution in [-0.2, 0) is 14.6 Å². The lowest BCUT2D eigenvalue weighted by Crippen LogP contribution is -2.32. The molecule has 0 unspecified atom stereocenters. The summed E-state index contributed by atoms with van der Waals surface area (Å²) < 4.78 is 25.1. The van der Waals surface area contributed by atoms with Gasteiger partial charge in [0.15, 0.2) is 9.84 Å². The van der Waals surface area contributed by atoms with E-state index in [0.29, 0.717) is 18.0 Å². The molecule has 1 amide bonds. The number of halogens is 1. The minimum atomic E-state index is -3.25. The maximum atomic E-state index is 12.5. The number of hydrogen-bond donors (Lipinski definition) is 0. The lowest BCUT2D eigenvalue weighted by Gasteiger charge is -2.17. The molecule has 2 heterocycles. The van der Waals surface area contributed by atoms with Crippen molar-refractivity contribution >= 4 is 44.8 Å². The molecule has 1 atom stereocenters. The van der Waals surface area contributed by atoms with Crippen LogP contribution in [0.15, 0.2) is 47.9 Å². The van der Waals surface area contributed by atoms with Gasteiger partial charge in [0.2, 0.25) is 5.91 Å². The molecule has 0 spiro atoms. The molecule has 0 bridgehead atoms. The minimum Gasteiger partial charge on any atom is -0.338 e. The second kappa shape index (κ2) is 7.72. The van der Waals surface area contributed by atoms with Crippen molar-refractivity contribution in [3.8, 4) is 0 Å². The smallest absolute Gasteiger partial charge is 0.246 e. The summed E-state index contributed by atoms with van der Waals surface area (Å²) in [5.41, 5.74) is 0.761. The number of amides is 1. The van der Waals surface area contributed by atoms with Crippen LogP contribution < -0.4 is 0 Å². The minimum absolute atomic E-state index is 0.0127. The molecule has 3 rings (SSSR count). The zero-order valence-electron chi connectivity index (χ0n) is 13.5. The van der Waals surface area contributed by atoms with E-state index in [9.17, 15) is 13.2 Å². The molecule has 2 aromatic rings. The first kappa shape index (κ1) is 18.2. The third-order valence-corrected chi connectivity index (χ3v) is 7.81. The van der Waals surface area contributed by atoms with Crippen LogP contribution in [0.5, 0.6) is 0 Å². The number of nitrogens with zero attached hydrogens (tertiary/aromatic N) is 1. The summed E-state index contributed by atoms with van der Waals surface area (Å²) in [6.07, 6.45) is 3.55. The molecule has 0 saturated carbocycles. The van der Waals surface area contributed by atoms with Crippen LogP contribution in [0.3, 0.4) is 0 Å². The zero-order chi connectivity index (χ0) is 17.9. The van der Waals surface area contributed by atoms with Crippen molar-refractivity contribution in [3.63, 3.8) is 0 Å². The molecule has 1 aliphatic heterocycles. The van der Waals surface area contributed by atoms with E-state index in [1.54, 1.807) is 17.0 Å². The number of thiophene rings is 1. The summed E-state index contributed by atoms with van der Waals surface area (Å²) >= 11 is 7.53. The van der Waals surface area contributed by atoms with E-state index >= 15 is 0 Å². The molecule has 0 N–H and O–H groups in total. The highest BCUT2D eigenvalue weighted by atomic mass is 35.5. The Morgan fingerprint density at radius 1 is 1.20 bits per heavy atom. The van der Waals surface area contributed by atoms with E-state index < -0.39 is 15.1 Å². The first-order valence-electron chi connectivity index (χ1n) is 7.94. The van der Waals surface area contributed by atoms with Crippen LogP contribution in [0.2, 0.25) is 5.02 Å². The SMILES string of the molecule is O=C(/C=C/c1ccccc1Cl)N1CC[C@H](c2cccs2)S(=O)(=O)CC1. The van der Waals surface area contributed by atoms with E-state index in [4.69, 9.17) is 11.6 Å². The largest absolute Gasteiger partial charge is 0.338 e. The van der Waals surface area contributed by atoms with Crippen molar-refractivity contribution in [2.24, 2.45) is 0 Å². The summed E-state index contributed by atoms with van der Waals surface area (Å²) in [4.78, 5) is 14.9. The number of hydrogen-bond acceptors (Lipinski definition) is 4. The van der Waals surface area contributed by atoms with E-state index in [1.165, 1.54) is 17.4 Å². The molecule has 132 valence electrons. The Kier molecular flexibility index (Phi) is 5.61. The average Bonchev–Trinajstić information content (AvgIpc) is 3.05. The number of rotatable bonds is 3. The van der Waals surface area contributed by atoms with Crippen molar-refractivity contribution in [1.29, 1.82) is 0 Å². The first-order valence-corrected chi connectivity index (χ1v) is 10.9. The summed E-state index contributed by atoms with van der Waals surface area (Å²) in [6.45, 7) is 0.642. The number of carbonyl (C=O) groups excluding carboxylic acids is 1. The molecule has 1 aliphatic rings. The highest BCUT2D eigenvalue weighted by Crippen LogP contribution is 2.32. The van der Waals surface area contributed by atoms with E-state index in [-0.39, 0.29) is 18.2 Å². The van der Waals surface area contributed by atoms with Crippen LogP contribution in [0.1, 0.15) is 22.1 Å². The maximum absolute atomic E-state index is 12.5. The zero-order valence-corrected chi connectivity index (χ0v) is 15.9. The molecule has 1 aromatic carbocycles. The van der Waals surface area contributed by atoms with Crippen LogP contribution in [0, 0.1) is 0 Å². The standard InChI is InChI=1S/C18H18ClNO3S2/c19-15-5-2-1-4-14(15)7-8-18(21)20-10-9-17(16-6-3-12-24-16)25(22,23)13-11-20/h1-8,12,17H,9-11,13H2/b8-7+/t17-/m1/s1. The van der Waals surface area contributed by atoms with Crippen LogP contribution in [0.25, 0.3) is 6.08 Å². The van der Waals surface area contributed by atoms with Gasteiger partial charge in [0.1, 0.15) is 0 Å². The van der Waals surface area contributed by atoms with Gasteiger partial charge >= 0.3 is 0 Å². The van der Waals surface area contributed by atoms with E-state index in [2.05, 4.69) is 0 Å². The summed E-state index contributed by atoms with van der Waals surface area (Å²) in [6, 6.07) is 11.0. The van der Waals surface area contributed by atoms with E-state index in [0.717, 1.165) is 10.4 Å². The lowest BCUT2D eigenvalue weighted by atomic mass is 10.2. The molecule has 4 nitrogen and oxygen atoms in total. The number of benzene rings is 1. The Morgan fingerprint density at radius 2 is 2.00 bits per heavy atom. The summed E-state index contributed by atoms with van der Waals surface area (Å²) in [7, 11) is -3.25. The van der Waals surface area contributed by atoms with Gasteiger partial charge in [-0.15, -0.1) is 11.3 Å². The Morgan fingerprint density at radius 3 is 2.72 bits per heavy atom. The van der Waals surface area contributed by atoms with Gasteiger partial charge < -0.3 is 4.90 Å². The third kappa shape index (κ3) is 4.32. The van der Waals surface area contributed by atoms with Crippen LogP contribution in [-0.4, -0.2) is 38.1 Å². The van der Waals surface area contributed by atoms with Crippen molar-refractivity contribution in [3.05, 3.63) is 63.3 Å². The lowest BCUT2D eigenvalue weighted by molar-refractivity contribution is -0.125. The highest BCUT2D eigenvalue weighted by Gasteiger charge is 2.32. The second-order valence-electron chi connectivity index (χ2n) is 5.84. The summed E-state index contributed by atoms with van der Waals surface area (Å²) in [5.74, 6) is -0.205. The third-order valence-electron chi connectivity index (χ3n) is 4.22. The van der Waals surface area contributed by atoms with Gasteiger partial charge in [-0.05, 0) is 35.6 Å². The summed E-state index contributed by atoms with van der Waals surface area (Å²) in [5, 5.41) is 1.94. The van der Waals surface area contributed by atoms with Gasteiger partial charge in [-0.2, -0.15) is 0 Å². The normalized spacial score (nSPS) is 20.5. The Labute approximate surface area is 156 Å². The van der Waals surface area contributed by atoms with Crippen molar-refractivity contribution < 1.29 is 13.2 Å².